The van der Waals surface area contributed by atoms with Gasteiger partial charge in [-0.1, -0.05) is 30.3 Å². The Morgan fingerprint density at radius 3 is 2.31 bits per heavy atom. The summed E-state index contributed by atoms with van der Waals surface area (Å²) in [4.78, 5) is 11.7. The fourth-order valence-corrected chi connectivity index (χ4v) is 3.96. The van der Waals surface area contributed by atoms with Crippen LogP contribution in [0.3, 0.4) is 0 Å². The average molecular weight is 373 g/mol. The number of halogens is 1. The molecule has 0 aliphatic carbocycles. The van der Waals surface area contributed by atoms with E-state index >= 15 is 0 Å². The van der Waals surface area contributed by atoms with Crippen molar-refractivity contribution >= 4 is 32.5 Å². The van der Waals surface area contributed by atoms with Gasteiger partial charge in [0.1, 0.15) is 12.4 Å². The van der Waals surface area contributed by atoms with Gasteiger partial charge in [-0.15, -0.1) is 0 Å². The maximum atomic E-state index is 13.2. The van der Waals surface area contributed by atoms with Crippen LogP contribution in [0.4, 0.5) is 10.1 Å². The molecule has 3 rings (SSSR count). The summed E-state index contributed by atoms with van der Waals surface area (Å²) in [7, 11) is -2.89. The Balaban J connectivity index is 2.11. The van der Waals surface area contributed by atoms with Crippen molar-refractivity contribution in [3.63, 3.8) is 0 Å². The molecule has 26 heavy (non-hydrogen) atoms. The lowest BCUT2D eigenvalue weighted by atomic mass is 10.1. The van der Waals surface area contributed by atoms with Gasteiger partial charge < -0.3 is 4.74 Å². The predicted octanol–water partition coefficient (Wildman–Crippen LogP) is 3.35. The van der Waals surface area contributed by atoms with Crippen LogP contribution >= 0.6 is 0 Å². The number of rotatable bonds is 5. The standard InChI is InChI=1S/C19H16FNO4S/c1-25-19(22)13-21(26(23,24)18-10-7-16(20)8-11-18)17-9-6-14-4-2-3-5-15(14)12-17/h2-12H,13H2,1H3. The molecule has 0 unspecified atom stereocenters. The number of nitrogens with zero attached hydrogens (tertiary/aromatic N) is 1. The first-order valence-electron chi connectivity index (χ1n) is 7.76. The number of hydrogen-bond donors (Lipinski definition) is 0. The average Bonchev–Trinajstić information content (AvgIpc) is 2.65. The van der Waals surface area contributed by atoms with Crippen molar-refractivity contribution < 1.29 is 22.3 Å². The van der Waals surface area contributed by atoms with Crippen molar-refractivity contribution in [1.29, 1.82) is 0 Å². The molecule has 5 nitrogen and oxygen atoms in total. The molecule has 0 bridgehead atoms. The predicted molar refractivity (Wildman–Crippen MR) is 96.9 cm³/mol. The Hall–Kier alpha value is -2.93. The highest BCUT2D eigenvalue weighted by molar-refractivity contribution is 7.92. The number of esters is 1. The number of carbonyl (C=O) groups is 1. The largest absolute Gasteiger partial charge is 0.468 e. The van der Waals surface area contributed by atoms with E-state index in [0.717, 1.165) is 39.3 Å². The van der Waals surface area contributed by atoms with E-state index in [1.165, 1.54) is 7.11 Å². The summed E-state index contributed by atoms with van der Waals surface area (Å²) in [6.45, 7) is -0.492. The molecule has 0 aliphatic heterocycles. The Kier molecular flexibility index (Phi) is 4.90. The zero-order valence-electron chi connectivity index (χ0n) is 13.9. The van der Waals surface area contributed by atoms with Crippen molar-refractivity contribution in [3.8, 4) is 0 Å². The summed E-state index contributed by atoms with van der Waals surface area (Å²) in [6, 6.07) is 17.0. The van der Waals surface area contributed by atoms with Crippen molar-refractivity contribution in [2.24, 2.45) is 0 Å². The first-order chi connectivity index (χ1) is 12.4. The van der Waals surface area contributed by atoms with Gasteiger partial charge in [0, 0.05) is 0 Å². The number of anilines is 1. The summed E-state index contributed by atoms with van der Waals surface area (Å²) in [5, 5.41) is 1.77. The van der Waals surface area contributed by atoms with E-state index < -0.39 is 28.4 Å². The number of carbonyl (C=O) groups excluding carboxylic acids is 1. The monoisotopic (exact) mass is 373 g/mol. The smallest absolute Gasteiger partial charge is 0.326 e. The molecule has 3 aromatic rings. The summed E-state index contributed by atoms with van der Waals surface area (Å²) in [5.74, 6) is -1.25. The summed E-state index contributed by atoms with van der Waals surface area (Å²) in [6.07, 6.45) is 0. The minimum Gasteiger partial charge on any atom is -0.468 e. The van der Waals surface area contributed by atoms with Crippen LogP contribution in [0.15, 0.2) is 71.6 Å². The third kappa shape index (κ3) is 3.52. The van der Waals surface area contributed by atoms with Crippen molar-refractivity contribution in [3.05, 3.63) is 72.5 Å². The van der Waals surface area contributed by atoms with Crippen LogP contribution in [-0.4, -0.2) is 28.0 Å². The van der Waals surface area contributed by atoms with Crippen LogP contribution in [-0.2, 0) is 19.6 Å². The molecule has 0 aromatic heterocycles. The minimum atomic E-state index is -4.08. The number of sulfonamides is 1. The second-order valence-corrected chi connectivity index (χ2v) is 7.44. The zero-order valence-corrected chi connectivity index (χ0v) is 14.7. The fourth-order valence-electron chi connectivity index (χ4n) is 2.56. The molecule has 0 N–H and O–H groups in total. The van der Waals surface area contributed by atoms with Crippen LogP contribution in [0.1, 0.15) is 0 Å². The van der Waals surface area contributed by atoms with E-state index in [1.54, 1.807) is 18.2 Å². The van der Waals surface area contributed by atoms with Gasteiger partial charge in [-0.25, -0.2) is 12.8 Å². The lowest BCUT2D eigenvalue weighted by molar-refractivity contribution is -0.138. The summed E-state index contributed by atoms with van der Waals surface area (Å²) >= 11 is 0. The highest BCUT2D eigenvalue weighted by Gasteiger charge is 2.27. The molecule has 0 saturated carbocycles. The second kappa shape index (κ2) is 7.13. The second-order valence-electron chi connectivity index (χ2n) is 5.57. The molecule has 0 saturated heterocycles. The number of benzene rings is 3. The van der Waals surface area contributed by atoms with Gasteiger partial charge in [0.15, 0.2) is 0 Å². The van der Waals surface area contributed by atoms with Crippen molar-refractivity contribution in [2.45, 2.75) is 4.90 Å². The Morgan fingerprint density at radius 2 is 1.65 bits per heavy atom. The maximum Gasteiger partial charge on any atom is 0.326 e. The Bertz CT molecular complexity index is 1050. The third-order valence-electron chi connectivity index (χ3n) is 3.92. The SMILES string of the molecule is COC(=O)CN(c1ccc2ccccc2c1)S(=O)(=O)c1ccc(F)cc1. The Labute approximate surface area is 150 Å². The normalized spacial score (nSPS) is 11.3. The lowest BCUT2D eigenvalue weighted by Gasteiger charge is -2.23. The molecule has 0 aliphatic rings. The molecule has 0 amide bonds. The first kappa shape index (κ1) is 17.9. The fraction of sp³-hybridized carbons (Fsp3) is 0.105. The Morgan fingerprint density at radius 1 is 1.00 bits per heavy atom. The highest BCUT2D eigenvalue weighted by atomic mass is 32.2. The first-order valence-corrected chi connectivity index (χ1v) is 9.20. The van der Waals surface area contributed by atoms with Gasteiger partial charge in [-0.05, 0) is 47.2 Å². The number of hydrogen-bond acceptors (Lipinski definition) is 4. The van der Waals surface area contributed by atoms with Crippen LogP contribution in [0.5, 0.6) is 0 Å². The summed E-state index contributed by atoms with van der Waals surface area (Å²) < 4.78 is 44.8. The summed E-state index contributed by atoms with van der Waals surface area (Å²) in [5.41, 5.74) is 0.318. The minimum absolute atomic E-state index is 0.115. The topological polar surface area (TPSA) is 63.7 Å². The van der Waals surface area contributed by atoms with Crippen LogP contribution in [0, 0.1) is 5.82 Å². The van der Waals surface area contributed by atoms with Gasteiger partial charge in [0.05, 0.1) is 17.7 Å². The van der Waals surface area contributed by atoms with E-state index in [1.807, 2.05) is 24.3 Å². The highest BCUT2D eigenvalue weighted by Crippen LogP contribution is 2.27. The number of fused-ring (bicyclic) bond motifs is 1. The molecule has 3 aromatic carbocycles. The van der Waals surface area contributed by atoms with Crippen molar-refractivity contribution in [1.82, 2.24) is 0 Å². The van der Waals surface area contributed by atoms with Gasteiger partial charge >= 0.3 is 5.97 Å². The third-order valence-corrected chi connectivity index (χ3v) is 5.71. The zero-order chi connectivity index (χ0) is 18.7. The van der Waals surface area contributed by atoms with Crippen LogP contribution in [0.25, 0.3) is 10.8 Å². The molecule has 0 spiro atoms. The van der Waals surface area contributed by atoms with E-state index in [2.05, 4.69) is 4.74 Å². The van der Waals surface area contributed by atoms with E-state index in [0.29, 0.717) is 5.69 Å². The molecule has 0 heterocycles. The van der Waals surface area contributed by atoms with Gasteiger partial charge in [0.25, 0.3) is 10.0 Å². The number of methoxy groups -OCH3 is 1. The molecule has 7 heteroatoms. The molecule has 0 atom stereocenters. The molecule has 134 valence electrons. The quantitative estimate of drug-likeness (QED) is 0.644. The van der Waals surface area contributed by atoms with E-state index in [4.69, 9.17) is 0 Å². The van der Waals surface area contributed by atoms with Crippen LogP contribution < -0.4 is 4.31 Å². The van der Waals surface area contributed by atoms with E-state index in [-0.39, 0.29) is 4.90 Å². The molecule has 0 fully saturated rings. The molecular formula is C19H16FNO4S. The molecular weight excluding hydrogens is 357 g/mol. The van der Waals surface area contributed by atoms with Gasteiger partial charge in [0.2, 0.25) is 0 Å². The van der Waals surface area contributed by atoms with Gasteiger partial charge in [-0.2, -0.15) is 0 Å². The number of ether oxygens (including phenoxy) is 1. The van der Waals surface area contributed by atoms with Crippen LogP contribution in [0.2, 0.25) is 0 Å². The van der Waals surface area contributed by atoms with Crippen molar-refractivity contribution in [2.75, 3.05) is 18.0 Å². The lowest BCUT2D eigenvalue weighted by Crippen LogP contribution is -2.36. The molecule has 0 radical (unpaired) electrons. The maximum absolute atomic E-state index is 13.2. The van der Waals surface area contributed by atoms with E-state index in [9.17, 15) is 17.6 Å². The van der Waals surface area contributed by atoms with Gasteiger partial charge in [-0.3, -0.25) is 9.10 Å².